The number of nitrogens with zero attached hydrogens (tertiary/aromatic N) is 2. The molecular formula is C26H20ClN3O3. The van der Waals surface area contributed by atoms with Crippen LogP contribution in [0.25, 0.3) is 16.7 Å². The van der Waals surface area contributed by atoms with Crippen LogP contribution in [-0.2, 0) is 16.0 Å². The van der Waals surface area contributed by atoms with E-state index in [0.717, 1.165) is 16.5 Å². The molecular weight excluding hydrogens is 438 g/mol. The van der Waals surface area contributed by atoms with Crippen molar-refractivity contribution in [3.63, 3.8) is 0 Å². The van der Waals surface area contributed by atoms with Crippen molar-refractivity contribution < 1.29 is 14.7 Å². The number of aromatic nitrogens is 2. The van der Waals surface area contributed by atoms with Gasteiger partial charge in [-0.15, -0.1) is 0 Å². The van der Waals surface area contributed by atoms with Gasteiger partial charge in [0, 0.05) is 46.6 Å². The van der Waals surface area contributed by atoms with Crippen molar-refractivity contribution in [3.05, 3.63) is 107 Å². The molecule has 33 heavy (non-hydrogen) atoms. The molecule has 7 heteroatoms. The lowest BCUT2D eigenvalue weighted by Crippen LogP contribution is -2.31. The number of aromatic amines is 1. The second-order valence-electron chi connectivity index (χ2n) is 7.90. The smallest absolute Gasteiger partial charge is 0.295 e. The minimum Gasteiger partial charge on any atom is -0.507 e. The minimum absolute atomic E-state index is 0.0502. The lowest BCUT2D eigenvalue weighted by Gasteiger charge is -2.25. The highest BCUT2D eigenvalue weighted by Crippen LogP contribution is 2.39. The number of aliphatic hydroxyl groups excluding tert-OH is 1. The molecule has 2 aromatic carbocycles. The molecule has 0 spiro atoms. The van der Waals surface area contributed by atoms with Gasteiger partial charge in [-0.25, -0.2) is 0 Å². The molecule has 1 aliphatic heterocycles. The van der Waals surface area contributed by atoms with Gasteiger partial charge in [-0.3, -0.25) is 14.6 Å². The third-order valence-corrected chi connectivity index (χ3v) is 6.21. The summed E-state index contributed by atoms with van der Waals surface area (Å²) < 4.78 is 0. The molecule has 0 aliphatic carbocycles. The van der Waals surface area contributed by atoms with Gasteiger partial charge in [0.1, 0.15) is 5.76 Å². The number of carbonyl (C=O) groups excluding carboxylic acids is 2. The highest BCUT2D eigenvalue weighted by molar-refractivity contribution is 6.46. The van der Waals surface area contributed by atoms with Crippen LogP contribution < -0.4 is 0 Å². The number of Topliss-reactive ketones (excluding diaryl/α,β-unsaturated/α-hetero) is 1. The van der Waals surface area contributed by atoms with Crippen molar-refractivity contribution in [2.75, 3.05) is 6.54 Å². The number of hydrogen-bond acceptors (Lipinski definition) is 4. The summed E-state index contributed by atoms with van der Waals surface area (Å²) in [7, 11) is 0. The molecule has 0 bridgehead atoms. The van der Waals surface area contributed by atoms with Crippen LogP contribution in [0, 0.1) is 0 Å². The van der Waals surface area contributed by atoms with Gasteiger partial charge in [-0.1, -0.05) is 35.9 Å². The molecule has 2 N–H and O–H groups in total. The van der Waals surface area contributed by atoms with Crippen molar-refractivity contribution in [2.24, 2.45) is 0 Å². The monoisotopic (exact) mass is 457 g/mol. The van der Waals surface area contributed by atoms with E-state index in [1.165, 1.54) is 4.90 Å². The number of aliphatic hydroxyl groups is 1. The van der Waals surface area contributed by atoms with E-state index in [9.17, 15) is 14.7 Å². The average molecular weight is 458 g/mol. The van der Waals surface area contributed by atoms with Crippen LogP contribution >= 0.6 is 11.6 Å². The topological polar surface area (TPSA) is 86.3 Å². The fraction of sp³-hybridized carbons (Fsp3) is 0.115. The van der Waals surface area contributed by atoms with Gasteiger partial charge >= 0.3 is 0 Å². The van der Waals surface area contributed by atoms with Crippen LogP contribution in [0.1, 0.15) is 22.7 Å². The number of hydrogen-bond donors (Lipinski definition) is 2. The Morgan fingerprint density at radius 2 is 1.85 bits per heavy atom. The molecule has 6 nitrogen and oxygen atoms in total. The van der Waals surface area contributed by atoms with E-state index < -0.39 is 17.7 Å². The first-order chi connectivity index (χ1) is 16.0. The van der Waals surface area contributed by atoms with E-state index in [4.69, 9.17) is 11.6 Å². The van der Waals surface area contributed by atoms with Gasteiger partial charge in [-0.05, 0) is 53.9 Å². The summed E-state index contributed by atoms with van der Waals surface area (Å²) in [6, 6.07) is 17.3. The van der Waals surface area contributed by atoms with Crippen LogP contribution in [0.5, 0.6) is 0 Å². The number of benzene rings is 2. The molecule has 5 rings (SSSR count). The standard InChI is InChI=1S/C26H20ClN3O3/c27-19-9-7-16(8-10-19)24(31)22-23(18-4-3-12-28-14-18)30(26(33)25(22)32)13-11-17-15-29-21-6-2-1-5-20(17)21/h1-10,12,14-15,23,29,31H,11,13H2/b24-22+. The normalized spacial score (nSPS) is 17.7. The SMILES string of the molecule is O=C1C(=O)N(CCc2c[nH]c3ccccc23)C(c2cccnc2)/C1=C(\O)c1ccc(Cl)cc1. The number of halogens is 1. The lowest BCUT2D eigenvalue weighted by molar-refractivity contribution is -0.139. The molecule has 1 unspecified atom stereocenters. The molecule has 0 radical (unpaired) electrons. The van der Waals surface area contributed by atoms with Gasteiger partial charge in [-0.2, -0.15) is 0 Å². The van der Waals surface area contributed by atoms with Gasteiger partial charge in [0.2, 0.25) is 0 Å². The van der Waals surface area contributed by atoms with E-state index in [1.807, 2.05) is 30.5 Å². The van der Waals surface area contributed by atoms with Crippen molar-refractivity contribution in [1.82, 2.24) is 14.9 Å². The third-order valence-electron chi connectivity index (χ3n) is 5.95. The quantitative estimate of drug-likeness (QED) is 0.254. The summed E-state index contributed by atoms with van der Waals surface area (Å²) in [4.78, 5) is 35.1. The zero-order chi connectivity index (χ0) is 22.9. The van der Waals surface area contributed by atoms with Crippen molar-refractivity contribution in [1.29, 1.82) is 0 Å². The molecule has 1 saturated heterocycles. The number of H-pyrrole nitrogens is 1. The summed E-state index contributed by atoms with van der Waals surface area (Å²) >= 11 is 5.97. The number of amides is 1. The molecule has 4 aromatic rings. The van der Waals surface area contributed by atoms with Crippen molar-refractivity contribution >= 4 is 40.0 Å². The van der Waals surface area contributed by atoms with E-state index >= 15 is 0 Å². The highest BCUT2D eigenvalue weighted by Gasteiger charge is 2.46. The van der Waals surface area contributed by atoms with Gasteiger partial charge < -0.3 is 15.0 Å². The number of para-hydroxylation sites is 1. The second-order valence-corrected chi connectivity index (χ2v) is 8.33. The van der Waals surface area contributed by atoms with Crippen LogP contribution in [0.15, 0.2) is 84.8 Å². The molecule has 1 aliphatic rings. The first kappa shape index (κ1) is 21.0. The van der Waals surface area contributed by atoms with E-state index in [1.54, 1.807) is 48.8 Å². The maximum atomic E-state index is 13.1. The molecule has 0 saturated carbocycles. The molecule has 3 heterocycles. The number of pyridine rings is 1. The Kier molecular flexibility index (Phi) is 5.44. The molecule has 1 fully saturated rings. The number of rotatable bonds is 5. The Hall–Kier alpha value is -3.90. The number of likely N-dealkylation sites (tertiary alicyclic amines) is 1. The largest absolute Gasteiger partial charge is 0.507 e. The maximum Gasteiger partial charge on any atom is 0.295 e. The second kappa shape index (κ2) is 8.56. The fourth-order valence-corrected chi connectivity index (χ4v) is 4.46. The summed E-state index contributed by atoms with van der Waals surface area (Å²) in [5.74, 6) is -1.58. The molecule has 1 amide bonds. The Balaban J connectivity index is 1.55. The fourth-order valence-electron chi connectivity index (χ4n) is 4.34. The summed E-state index contributed by atoms with van der Waals surface area (Å²) in [6.07, 6.45) is 5.72. The Morgan fingerprint density at radius 3 is 2.61 bits per heavy atom. The number of fused-ring (bicyclic) bond motifs is 1. The predicted octanol–water partition coefficient (Wildman–Crippen LogP) is 4.88. The molecule has 1 atom stereocenters. The minimum atomic E-state index is -0.736. The molecule has 2 aromatic heterocycles. The number of ketones is 1. The van der Waals surface area contributed by atoms with Crippen molar-refractivity contribution in [3.8, 4) is 0 Å². The number of carbonyl (C=O) groups is 2. The first-order valence-electron chi connectivity index (χ1n) is 10.5. The predicted molar refractivity (Wildman–Crippen MR) is 127 cm³/mol. The Labute approximate surface area is 195 Å². The third kappa shape index (κ3) is 3.79. The highest BCUT2D eigenvalue weighted by atomic mass is 35.5. The van der Waals surface area contributed by atoms with Crippen LogP contribution in [0.3, 0.4) is 0 Å². The maximum absolute atomic E-state index is 13.1. The van der Waals surface area contributed by atoms with Gasteiger partial charge in [0.05, 0.1) is 11.6 Å². The zero-order valence-corrected chi connectivity index (χ0v) is 18.3. The lowest BCUT2D eigenvalue weighted by atomic mass is 9.96. The molecule has 164 valence electrons. The van der Waals surface area contributed by atoms with E-state index in [-0.39, 0.29) is 11.3 Å². The first-order valence-corrected chi connectivity index (χ1v) is 10.9. The van der Waals surface area contributed by atoms with Crippen LogP contribution in [-0.4, -0.2) is 38.2 Å². The zero-order valence-electron chi connectivity index (χ0n) is 17.5. The van der Waals surface area contributed by atoms with E-state index in [2.05, 4.69) is 9.97 Å². The summed E-state index contributed by atoms with van der Waals surface area (Å²) in [5.41, 5.74) is 3.19. The van der Waals surface area contributed by atoms with Gasteiger partial charge in [0.15, 0.2) is 0 Å². The van der Waals surface area contributed by atoms with Crippen LogP contribution in [0.4, 0.5) is 0 Å². The van der Waals surface area contributed by atoms with Crippen molar-refractivity contribution in [2.45, 2.75) is 12.5 Å². The summed E-state index contributed by atoms with van der Waals surface area (Å²) in [6.45, 7) is 0.309. The Morgan fingerprint density at radius 1 is 1.06 bits per heavy atom. The average Bonchev–Trinajstić information content (AvgIpc) is 3.37. The van der Waals surface area contributed by atoms with Gasteiger partial charge in [0.25, 0.3) is 11.7 Å². The summed E-state index contributed by atoms with van der Waals surface area (Å²) in [5, 5.41) is 12.6. The van der Waals surface area contributed by atoms with Crippen LogP contribution in [0.2, 0.25) is 5.02 Å². The van der Waals surface area contributed by atoms with E-state index in [0.29, 0.717) is 29.1 Å². The Bertz CT molecular complexity index is 1380. The number of nitrogens with one attached hydrogen (secondary N) is 1.